The molecule has 1 heterocycles. The Balaban J connectivity index is 2.45. The number of furan rings is 1. The van der Waals surface area contributed by atoms with E-state index in [-0.39, 0.29) is 6.03 Å². The second kappa shape index (κ2) is 8.91. The first-order valence-electron chi connectivity index (χ1n) is 6.67. The number of hydrogen-bond donors (Lipinski definition) is 1. The average Bonchev–Trinajstić information content (AvgIpc) is 2.86. The standard InChI is InChI=1S/C14H24N2O2S/c1-12(2)10-16(11-13-6-4-8-18-13)14(17)15-7-5-9-19-3/h4,6,8,12H,5,7,9-11H2,1-3H3,(H,15,17). The first-order valence-corrected chi connectivity index (χ1v) is 8.07. The van der Waals surface area contributed by atoms with Crippen molar-refractivity contribution in [1.82, 2.24) is 10.2 Å². The largest absolute Gasteiger partial charge is 0.467 e. The number of carbonyl (C=O) groups excluding carboxylic acids is 1. The van der Waals surface area contributed by atoms with Crippen molar-refractivity contribution < 1.29 is 9.21 Å². The lowest BCUT2D eigenvalue weighted by Gasteiger charge is -2.24. The molecule has 108 valence electrons. The molecule has 19 heavy (non-hydrogen) atoms. The van der Waals surface area contributed by atoms with Gasteiger partial charge in [-0.15, -0.1) is 0 Å². The van der Waals surface area contributed by atoms with Gasteiger partial charge in [0.15, 0.2) is 0 Å². The van der Waals surface area contributed by atoms with E-state index in [1.165, 1.54) is 0 Å². The fourth-order valence-electron chi connectivity index (χ4n) is 1.77. The van der Waals surface area contributed by atoms with Crippen molar-refractivity contribution in [3.8, 4) is 0 Å². The zero-order valence-electron chi connectivity index (χ0n) is 12.0. The molecule has 1 N–H and O–H groups in total. The van der Waals surface area contributed by atoms with Crippen molar-refractivity contribution in [1.29, 1.82) is 0 Å². The van der Waals surface area contributed by atoms with Crippen molar-refractivity contribution >= 4 is 17.8 Å². The van der Waals surface area contributed by atoms with Gasteiger partial charge in [-0.3, -0.25) is 0 Å². The summed E-state index contributed by atoms with van der Waals surface area (Å²) in [4.78, 5) is 13.9. The molecule has 1 aromatic rings. The molecule has 4 nitrogen and oxygen atoms in total. The second-order valence-electron chi connectivity index (χ2n) is 4.93. The molecular formula is C14H24N2O2S. The maximum absolute atomic E-state index is 12.1. The molecule has 0 aromatic carbocycles. The summed E-state index contributed by atoms with van der Waals surface area (Å²) in [5.41, 5.74) is 0. The molecule has 0 aliphatic heterocycles. The van der Waals surface area contributed by atoms with Crippen LogP contribution in [0.1, 0.15) is 26.0 Å². The van der Waals surface area contributed by atoms with Crippen LogP contribution in [0.3, 0.4) is 0 Å². The number of urea groups is 1. The Morgan fingerprint density at radius 2 is 2.32 bits per heavy atom. The highest BCUT2D eigenvalue weighted by atomic mass is 32.2. The van der Waals surface area contributed by atoms with Crippen LogP contribution in [0.4, 0.5) is 4.79 Å². The summed E-state index contributed by atoms with van der Waals surface area (Å²) in [6.07, 6.45) is 4.71. The number of carbonyl (C=O) groups is 1. The van der Waals surface area contributed by atoms with E-state index in [0.29, 0.717) is 12.5 Å². The third kappa shape index (κ3) is 6.57. The monoisotopic (exact) mass is 284 g/mol. The van der Waals surface area contributed by atoms with Crippen LogP contribution in [-0.4, -0.2) is 36.0 Å². The first kappa shape index (κ1) is 16.0. The smallest absolute Gasteiger partial charge is 0.317 e. The summed E-state index contributed by atoms with van der Waals surface area (Å²) in [7, 11) is 0. The minimum absolute atomic E-state index is 0.00815. The molecule has 1 rings (SSSR count). The van der Waals surface area contributed by atoms with Gasteiger partial charge in [-0.1, -0.05) is 13.8 Å². The Labute approximate surface area is 119 Å². The summed E-state index contributed by atoms with van der Waals surface area (Å²) in [6, 6.07) is 3.74. The van der Waals surface area contributed by atoms with Crippen molar-refractivity contribution in [2.45, 2.75) is 26.8 Å². The normalized spacial score (nSPS) is 10.7. The maximum atomic E-state index is 12.1. The van der Waals surface area contributed by atoms with Crippen molar-refractivity contribution in [2.24, 2.45) is 5.92 Å². The van der Waals surface area contributed by atoms with Crippen LogP contribution in [0.5, 0.6) is 0 Å². The molecule has 0 radical (unpaired) electrons. The van der Waals surface area contributed by atoms with E-state index < -0.39 is 0 Å². The Morgan fingerprint density at radius 1 is 1.53 bits per heavy atom. The predicted molar refractivity (Wildman–Crippen MR) is 80.4 cm³/mol. The number of thioether (sulfide) groups is 1. The van der Waals surface area contributed by atoms with Gasteiger partial charge in [-0.25, -0.2) is 4.79 Å². The number of rotatable bonds is 8. The summed E-state index contributed by atoms with van der Waals surface area (Å²) >= 11 is 1.80. The summed E-state index contributed by atoms with van der Waals surface area (Å²) in [5, 5.41) is 2.97. The summed E-state index contributed by atoms with van der Waals surface area (Å²) in [5.74, 6) is 2.33. The lowest BCUT2D eigenvalue weighted by molar-refractivity contribution is 0.183. The summed E-state index contributed by atoms with van der Waals surface area (Å²) < 4.78 is 5.31. The van der Waals surface area contributed by atoms with Crippen molar-refractivity contribution in [2.75, 3.05) is 25.1 Å². The van der Waals surface area contributed by atoms with Gasteiger partial charge in [0.05, 0.1) is 12.8 Å². The van der Waals surface area contributed by atoms with Crippen LogP contribution in [0, 0.1) is 5.92 Å². The Kier molecular flexibility index (Phi) is 7.48. The molecule has 0 spiro atoms. The van der Waals surface area contributed by atoms with Crippen LogP contribution in [0.15, 0.2) is 22.8 Å². The topological polar surface area (TPSA) is 45.5 Å². The zero-order chi connectivity index (χ0) is 14.1. The third-order valence-corrected chi connectivity index (χ3v) is 3.30. The molecule has 0 aliphatic rings. The summed E-state index contributed by atoms with van der Waals surface area (Å²) in [6.45, 7) is 6.20. The lowest BCUT2D eigenvalue weighted by Crippen LogP contribution is -2.41. The second-order valence-corrected chi connectivity index (χ2v) is 5.92. The van der Waals surface area contributed by atoms with Crippen LogP contribution >= 0.6 is 11.8 Å². The van der Waals surface area contributed by atoms with Crippen molar-refractivity contribution in [3.05, 3.63) is 24.2 Å². The first-order chi connectivity index (χ1) is 9.13. The number of nitrogens with zero attached hydrogens (tertiary/aromatic N) is 1. The lowest BCUT2D eigenvalue weighted by atomic mass is 10.2. The van der Waals surface area contributed by atoms with Gasteiger partial charge >= 0.3 is 6.03 Å². The minimum atomic E-state index is -0.00815. The van der Waals surface area contributed by atoms with Crippen LogP contribution < -0.4 is 5.32 Å². The van der Waals surface area contributed by atoms with Crippen LogP contribution in [-0.2, 0) is 6.54 Å². The van der Waals surface area contributed by atoms with Gasteiger partial charge in [-0.2, -0.15) is 11.8 Å². The molecule has 0 atom stereocenters. The van der Waals surface area contributed by atoms with Gasteiger partial charge in [-0.05, 0) is 36.5 Å². The molecule has 0 unspecified atom stereocenters. The van der Waals surface area contributed by atoms with E-state index in [1.54, 1.807) is 18.0 Å². The van der Waals surface area contributed by atoms with Gasteiger partial charge in [0.2, 0.25) is 0 Å². The zero-order valence-corrected chi connectivity index (χ0v) is 12.8. The molecule has 1 aromatic heterocycles. The van der Waals surface area contributed by atoms with E-state index in [0.717, 1.165) is 31.0 Å². The van der Waals surface area contributed by atoms with E-state index >= 15 is 0 Å². The van der Waals surface area contributed by atoms with Gasteiger partial charge in [0, 0.05) is 13.1 Å². The van der Waals surface area contributed by atoms with E-state index in [1.807, 2.05) is 17.0 Å². The van der Waals surface area contributed by atoms with Gasteiger partial charge in [0.1, 0.15) is 5.76 Å². The molecule has 2 amide bonds. The van der Waals surface area contributed by atoms with Gasteiger partial charge in [0.25, 0.3) is 0 Å². The Bertz CT molecular complexity index is 352. The molecule has 0 bridgehead atoms. The SMILES string of the molecule is CSCCCNC(=O)N(Cc1ccco1)CC(C)C. The van der Waals surface area contributed by atoms with Gasteiger partial charge < -0.3 is 14.6 Å². The highest BCUT2D eigenvalue weighted by Crippen LogP contribution is 2.08. The van der Waals surface area contributed by atoms with E-state index in [2.05, 4.69) is 25.4 Å². The predicted octanol–water partition coefficient (Wildman–Crippen LogP) is 3.20. The minimum Gasteiger partial charge on any atom is -0.467 e. The average molecular weight is 284 g/mol. The molecule has 0 aliphatic carbocycles. The molecule has 5 heteroatoms. The molecular weight excluding hydrogens is 260 g/mol. The highest BCUT2D eigenvalue weighted by molar-refractivity contribution is 7.98. The number of nitrogens with one attached hydrogen (secondary N) is 1. The Hall–Kier alpha value is -1.10. The number of amides is 2. The maximum Gasteiger partial charge on any atom is 0.317 e. The molecule has 0 saturated heterocycles. The molecule has 0 saturated carbocycles. The third-order valence-electron chi connectivity index (χ3n) is 2.60. The number of hydrogen-bond acceptors (Lipinski definition) is 3. The fourth-order valence-corrected chi connectivity index (χ4v) is 2.21. The fraction of sp³-hybridized carbons (Fsp3) is 0.643. The van der Waals surface area contributed by atoms with Crippen molar-refractivity contribution in [3.63, 3.8) is 0 Å². The van der Waals surface area contributed by atoms with E-state index in [4.69, 9.17) is 4.42 Å². The van der Waals surface area contributed by atoms with Crippen LogP contribution in [0.2, 0.25) is 0 Å². The Morgan fingerprint density at radius 3 is 2.89 bits per heavy atom. The quantitative estimate of drug-likeness (QED) is 0.746. The highest BCUT2D eigenvalue weighted by Gasteiger charge is 2.15. The van der Waals surface area contributed by atoms with Crippen LogP contribution in [0.25, 0.3) is 0 Å². The molecule has 0 fully saturated rings. The van der Waals surface area contributed by atoms with E-state index in [9.17, 15) is 4.79 Å².